The Bertz CT molecular complexity index is 703. The number of hydrogen-bond acceptors (Lipinski definition) is 4. The van der Waals surface area contributed by atoms with Crippen LogP contribution < -0.4 is 10.6 Å². The quantitative estimate of drug-likeness (QED) is 0.328. The van der Waals surface area contributed by atoms with Crippen LogP contribution in [0.3, 0.4) is 0 Å². The zero-order valence-corrected chi connectivity index (χ0v) is 22.4. The molecule has 176 valence electrons. The summed E-state index contributed by atoms with van der Waals surface area (Å²) in [7, 11) is 1.86. The number of likely N-dealkylation sites (tertiary alicyclic amines) is 1. The molecule has 2 saturated heterocycles. The molecule has 1 aromatic rings. The predicted octanol–water partition coefficient (Wildman–Crippen LogP) is 3.31. The number of ether oxygens (including phenoxy) is 1. The number of benzene rings is 1. The van der Waals surface area contributed by atoms with Crippen molar-refractivity contribution in [2.24, 2.45) is 10.9 Å². The van der Waals surface area contributed by atoms with Crippen LogP contribution >= 0.6 is 24.0 Å². The Morgan fingerprint density at radius 2 is 1.71 bits per heavy atom. The number of rotatable bonds is 6. The fourth-order valence-corrected chi connectivity index (χ4v) is 4.70. The van der Waals surface area contributed by atoms with Crippen molar-refractivity contribution < 1.29 is 4.74 Å². The van der Waals surface area contributed by atoms with Crippen LogP contribution in [0.25, 0.3) is 0 Å². The maximum absolute atomic E-state index is 5.89. The predicted molar refractivity (Wildman–Crippen MR) is 140 cm³/mol. The lowest BCUT2D eigenvalue weighted by molar-refractivity contribution is -0.0705. The minimum absolute atomic E-state index is 0. The second kappa shape index (κ2) is 12.4. The Kier molecular flexibility index (Phi) is 10.5. The van der Waals surface area contributed by atoms with Gasteiger partial charge in [-0.05, 0) is 44.7 Å². The van der Waals surface area contributed by atoms with Gasteiger partial charge in [-0.3, -0.25) is 14.8 Å². The maximum Gasteiger partial charge on any atom is 0.191 e. The van der Waals surface area contributed by atoms with Crippen LogP contribution in [0.1, 0.15) is 45.7 Å². The third-order valence-electron chi connectivity index (χ3n) is 6.37. The number of halogens is 1. The Morgan fingerprint density at radius 1 is 1.06 bits per heavy atom. The Labute approximate surface area is 206 Å². The second-order valence-electron chi connectivity index (χ2n) is 9.42. The first-order valence-corrected chi connectivity index (χ1v) is 11.5. The molecule has 31 heavy (non-hydrogen) atoms. The molecule has 0 bridgehead atoms. The molecular formula is C24H42IN5O. The third-order valence-corrected chi connectivity index (χ3v) is 6.37. The van der Waals surface area contributed by atoms with Gasteiger partial charge in [0.2, 0.25) is 0 Å². The molecule has 2 aliphatic heterocycles. The van der Waals surface area contributed by atoms with Crippen LogP contribution in [0, 0.1) is 5.92 Å². The molecule has 7 heteroatoms. The molecular weight excluding hydrogens is 501 g/mol. The van der Waals surface area contributed by atoms with Gasteiger partial charge >= 0.3 is 0 Å². The van der Waals surface area contributed by atoms with Crippen molar-refractivity contribution >= 4 is 29.9 Å². The summed E-state index contributed by atoms with van der Waals surface area (Å²) in [5.41, 5.74) is 2.71. The van der Waals surface area contributed by atoms with Crippen molar-refractivity contribution in [2.45, 2.75) is 72.0 Å². The molecule has 2 aliphatic rings. The molecule has 3 rings (SSSR count). The average Bonchev–Trinajstić information content (AvgIpc) is 3.06. The lowest BCUT2D eigenvalue weighted by atomic mass is 10.1. The topological polar surface area (TPSA) is 52.1 Å². The van der Waals surface area contributed by atoms with E-state index in [-0.39, 0.29) is 24.0 Å². The van der Waals surface area contributed by atoms with Crippen LogP contribution in [-0.2, 0) is 17.8 Å². The molecule has 0 amide bonds. The summed E-state index contributed by atoms with van der Waals surface area (Å²) in [5.74, 6) is 1.50. The van der Waals surface area contributed by atoms with Crippen LogP contribution in [0.5, 0.6) is 0 Å². The SMILES string of the molecule is CN=C(NCc1ccccc1CN1CC(C)OC(C)C1)NC1CN(C(C)C)CC1C.I. The monoisotopic (exact) mass is 543 g/mol. The first-order chi connectivity index (χ1) is 14.4. The first kappa shape index (κ1) is 26.4. The minimum Gasteiger partial charge on any atom is -0.373 e. The minimum atomic E-state index is 0. The lowest BCUT2D eigenvalue weighted by Crippen LogP contribution is -2.46. The summed E-state index contributed by atoms with van der Waals surface area (Å²) in [6.07, 6.45) is 0.585. The summed E-state index contributed by atoms with van der Waals surface area (Å²) in [6.45, 7) is 17.1. The number of nitrogens with zero attached hydrogens (tertiary/aromatic N) is 3. The lowest BCUT2D eigenvalue weighted by Gasteiger charge is -2.35. The largest absolute Gasteiger partial charge is 0.373 e. The standard InChI is InChI=1S/C24H41N5O.HI/c1-17(2)29-12-18(3)23(16-29)27-24(25-6)26-11-21-9-7-8-10-22(21)15-28-13-19(4)30-20(5)14-28;/h7-10,17-20,23H,11-16H2,1-6H3,(H2,25,26,27);1H. The molecule has 0 aliphatic carbocycles. The van der Waals surface area contributed by atoms with Gasteiger partial charge in [0.05, 0.1) is 12.2 Å². The highest BCUT2D eigenvalue weighted by molar-refractivity contribution is 14.0. The first-order valence-electron chi connectivity index (χ1n) is 11.5. The summed E-state index contributed by atoms with van der Waals surface area (Å²) >= 11 is 0. The van der Waals surface area contributed by atoms with E-state index < -0.39 is 0 Å². The van der Waals surface area contributed by atoms with Crippen molar-refractivity contribution in [1.82, 2.24) is 20.4 Å². The third kappa shape index (κ3) is 7.58. The van der Waals surface area contributed by atoms with Crippen LogP contribution in [-0.4, -0.2) is 73.3 Å². The van der Waals surface area contributed by atoms with Gasteiger partial charge in [0.25, 0.3) is 0 Å². The van der Waals surface area contributed by atoms with Gasteiger partial charge in [0, 0.05) is 58.4 Å². The highest BCUT2D eigenvalue weighted by Crippen LogP contribution is 2.19. The maximum atomic E-state index is 5.89. The number of nitrogens with one attached hydrogen (secondary N) is 2. The van der Waals surface area contributed by atoms with E-state index in [1.54, 1.807) is 0 Å². The van der Waals surface area contributed by atoms with E-state index in [0.717, 1.165) is 45.2 Å². The highest BCUT2D eigenvalue weighted by Gasteiger charge is 2.31. The fourth-order valence-electron chi connectivity index (χ4n) is 4.70. The van der Waals surface area contributed by atoms with Gasteiger partial charge < -0.3 is 15.4 Å². The summed E-state index contributed by atoms with van der Waals surface area (Å²) in [5, 5.41) is 7.20. The van der Waals surface area contributed by atoms with E-state index in [1.165, 1.54) is 11.1 Å². The van der Waals surface area contributed by atoms with E-state index in [9.17, 15) is 0 Å². The summed E-state index contributed by atoms with van der Waals surface area (Å²) in [6, 6.07) is 9.76. The highest BCUT2D eigenvalue weighted by atomic mass is 127. The van der Waals surface area contributed by atoms with E-state index >= 15 is 0 Å². The van der Waals surface area contributed by atoms with Crippen LogP contribution in [0.2, 0.25) is 0 Å². The van der Waals surface area contributed by atoms with Crippen LogP contribution in [0.4, 0.5) is 0 Å². The molecule has 4 unspecified atom stereocenters. The smallest absolute Gasteiger partial charge is 0.191 e. The Hall–Kier alpha value is -0.900. The van der Waals surface area contributed by atoms with E-state index in [1.807, 2.05) is 7.05 Å². The van der Waals surface area contributed by atoms with E-state index in [2.05, 4.69) is 84.3 Å². The van der Waals surface area contributed by atoms with E-state index in [0.29, 0.717) is 30.2 Å². The van der Waals surface area contributed by atoms with Crippen molar-refractivity contribution in [3.63, 3.8) is 0 Å². The number of guanidine groups is 1. The Balaban J connectivity index is 0.00000341. The molecule has 0 aromatic heterocycles. The molecule has 1 aromatic carbocycles. The number of hydrogen-bond donors (Lipinski definition) is 2. The second-order valence-corrected chi connectivity index (χ2v) is 9.42. The molecule has 6 nitrogen and oxygen atoms in total. The van der Waals surface area contributed by atoms with Crippen molar-refractivity contribution in [3.05, 3.63) is 35.4 Å². The van der Waals surface area contributed by atoms with E-state index in [4.69, 9.17) is 4.74 Å². The van der Waals surface area contributed by atoms with Crippen molar-refractivity contribution in [3.8, 4) is 0 Å². The van der Waals surface area contributed by atoms with Gasteiger partial charge in [-0.25, -0.2) is 0 Å². The van der Waals surface area contributed by atoms with Gasteiger partial charge in [-0.2, -0.15) is 0 Å². The van der Waals surface area contributed by atoms with Crippen molar-refractivity contribution in [1.29, 1.82) is 0 Å². The summed E-state index contributed by atoms with van der Waals surface area (Å²) in [4.78, 5) is 9.53. The van der Waals surface area contributed by atoms with Gasteiger partial charge in [-0.1, -0.05) is 31.2 Å². The number of aliphatic imine (C=N–C) groups is 1. The van der Waals surface area contributed by atoms with Crippen molar-refractivity contribution in [2.75, 3.05) is 33.2 Å². The summed E-state index contributed by atoms with van der Waals surface area (Å²) < 4.78 is 5.89. The number of morpholine rings is 1. The van der Waals surface area contributed by atoms with Gasteiger partial charge in [0.15, 0.2) is 5.96 Å². The normalized spacial score (nSPS) is 27.9. The molecule has 4 atom stereocenters. The molecule has 0 saturated carbocycles. The molecule has 2 N–H and O–H groups in total. The zero-order chi connectivity index (χ0) is 21.7. The molecule has 2 fully saturated rings. The molecule has 2 heterocycles. The average molecular weight is 544 g/mol. The Morgan fingerprint density at radius 3 is 2.29 bits per heavy atom. The molecule has 0 spiro atoms. The zero-order valence-electron chi connectivity index (χ0n) is 20.1. The van der Waals surface area contributed by atoms with Gasteiger partial charge in [0.1, 0.15) is 0 Å². The fraction of sp³-hybridized carbons (Fsp3) is 0.708. The molecule has 0 radical (unpaired) electrons. The van der Waals surface area contributed by atoms with Crippen LogP contribution in [0.15, 0.2) is 29.3 Å². The van der Waals surface area contributed by atoms with Gasteiger partial charge in [-0.15, -0.1) is 24.0 Å².